The summed E-state index contributed by atoms with van der Waals surface area (Å²) < 4.78 is 25.6. The summed E-state index contributed by atoms with van der Waals surface area (Å²) in [5.41, 5.74) is 3.39. The summed E-state index contributed by atoms with van der Waals surface area (Å²) in [6.45, 7) is 0. The van der Waals surface area contributed by atoms with Crippen molar-refractivity contribution in [3.8, 4) is 0 Å². The first-order valence-electron chi connectivity index (χ1n) is 5.90. The monoisotopic (exact) mass is 256 g/mol. The molecule has 1 N–H and O–H groups in total. The SMILES string of the molecule is CN(C)NC(=O)CCCCc1ccc(F)c(F)c1. The molecule has 0 atom stereocenters. The zero-order chi connectivity index (χ0) is 13.5. The van der Waals surface area contributed by atoms with Crippen molar-refractivity contribution in [3.63, 3.8) is 0 Å². The molecular weight excluding hydrogens is 238 g/mol. The molecule has 0 unspecified atom stereocenters. The smallest absolute Gasteiger partial charge is 0.234 e. The van der Waals surface area contributed by atoms with Crippen LogP contribution in [0.15, 0.2) is 18.2 Å². The Morgan fingerprint density at radius 1 is 1.22 bits per heavy atom. The number of amides is 1. The van der Waals surface area contributed by atoms with E-state index >= 15 is 0 Å². The normalized spacial score (nSPS) is 10.7. The second-order valence-corrected chi connectivity index (χ2v) is 4.38. The van der Waals surface area contributed by atoms with Crippen molar-refractivity contribution in [1.29, 1.82) is 0 Å². The standard InChI is InChI=1S/C13H18F2N2O/c1-17(2)16-13(18)6-4-3-5-10-7-8-11(14)12(15)9-10/h7-9H,3-6H2,1-2H3,(H,16,18). The van der Waals surface area contributed by atoms with E-state index in [0.717, 1.165) is 24.5 Å². The molecule has 0 saturated heterocycles. The molecule has 0 bridgehead atoms. The zero-order valence-electron chi connectivity index (χ0n) is 10.7. The lowest BCUT2D eigenvalue weighted by atomic mass is 10.1. The number of benzene rings is 1. The Labute approximate surface area is 106 Å². The van der Waals surface area contributed by atoms with Gasteiger partial charge in [0.25, 0.3) is 0 Å². The summed E-state index contributed by atoms with van der Waals surface area (Å²) in [7, 11) is 3.50. The fourth-order valence-corrected chi connectivity index (χ4v) is 1.62. The van der Waals surface area contributed by atoms with E-state index in [9.17, 15) is 13.6 Å². The number of aryl methyl sites for hydroxylation is 1. The third kappa shape index (κ3) is 5.23. The van der Waals surface area contributed by atoms with Gasteiger partial charge in [-0.05, 0) is 37.0 Å². The van der Waals surface area contributed by atoms with E-state index in [-0.39, 0.29) is 5.91 Å². The van der Waals surface area contributed by atoms with Gasteiger partial charge in [-0.3, -0.25) is 10.2 Å². The number of hydrazine groups is 1. The number of rotatable bonds is 6. The maximum absolute atomic E-state index is 12.9. The summed E-state index contributed by atoms with van der Waals surface area (Å²) in [5, 5.41) is 1.59. The number of hydrogen-bond donors (Lipinski definition) is 1. The van der Waals surface area contributed by atoms with Gasteiger partial charge in [0.15, 0.2) is 11.6 Å². The lowest BCUT2D eigenvalue weighted by Gasteiger charge is -2.11. The van der Waals surface area contributed by atoms with E-state index in [4.69, 9.17) is 0 Å². The highest BCUT2D eigenvalue weighted by Crippen LogP contribution is 2.11. The Hall–Kier alpha value is -1.49. The average molecular weight is 256 g/mol. The quantitative estimate of drug-likeness (QED) is 0.625. The second-order valence-electron chi connectivity index (χ2n) is 4.38. The minimum absolute atomic E-state index is 0.0368. The van der Waals surface area contributed by atoms with Gasteiger partial charge in [0.1, 0.15) is 0 Å². The van der Waals surface area contributed by atoms with E-state index in [1.807, 2.05) is 0 Å². The van der Waals surface area contributed by atoms with Crippen LogP contribution in [-0.4, -0.2) is 25.0 Å². The summed E-state index contributed by atoms with van der Waals surface area (Å²) in [5.74, 6) is -1.69. The van der Waals surface area contributed by atoms with Gasteiger partial charge in [0.2, 0.25) is 5.91 Å². The maximum Gasteiger partial charge on any atom is 0.234 e. The minimum Gasteiger partial charge on any atom is -0.289 e. The highest BCUT2D eigenvalue weighted by atomic mass is 19.2. The number of nitrogens with one attached hydrogen (secondary N) is 1. The lowest BCUT2D eigenvalue weighted by Crippen LogP contribution is -2.35. The summed E-state index contributed by atoms with van der Waals surface area (Å²) >= 11 is 0. The largest absolute Gasteiger partial charge is 0.289 e. The van der Waals surface area contributed by atoms with Crippen LogP contribution in [0.5, 0.6) is 0 Å². The molecule has 1 aromatic rings. The van der Waals surface area contributed by atoms with Crippen LogP contribution < -0.4 is 5.43 Å². The van der Waals surface area contributed by atoms with Crippen LogP contribution >= 0.6 is 0 Å². The Morgan fingerprint density at radius 3 is 2.56 bits per heavy atom. The van der Waals surface area contributed by atoms with Crippen molar-refractivity contribution >= 4 is 5.91 Å². The molecular formula is C13H18F2N2O. The molecule has 0 aliphatic carbocycles. The highest BCUT2D eigenvalue weighted by molar-refractivity contribution is 5.75. The molecule has 0 aliphatic heterocycles. The van der Waals surface area contributed by atoms with Crippen molar-refractivity contribution in [3.05, 3.63) is 35.4 Å². The van der Waals surface area contributed by atoms with Gasteiger partial charge in [-0.15, -0.1) is 0 Å². The van der Waals surface area contributed by atoms with Gasteiger partial charge in [0.05, 0.1) is 0 Å². The molecule has 5 heteroatoms. The summed E-state index contributed by atoms with van der Waals surface area (Å²) in [4.78, 5) is 11.3. The topological polar surface area (TPSA) is 32.3 Å². The zero-order valence-corrected chi connectivity index (χ0v) is 10.7. The Kier molecular flexibility index (Phi) is 5.71. The summed E-state index contributed by atoms with van der Waals surface area (Å²) in [6.07, 6.45) is 2.57. The third-order valence-electron chi connectivity index (χ3n) is 2.45. The van der Waals surface area contributed by atoms with Crippen LogP contribution in [0.2, 0.25) is 0 Å². The van der Waals surface area contributed by atoms with E-state index < -0.39 is 11.6 Å². The maximum atomic E-state index is 12.9. The van der Waals surface area contributed by atoms with Crippen LogP contribution in [0.3, 0.4) is 0 Å². The fraction of sp³-hybridized carbons (Fsp3) is 0.462. The second kappa shape index (κ2) is 7.06. The Balaban J connectivity index is 2.25. The van der Waals surface area contributed by atoms with E-state index in [0.29, 0.717) is 12.8 Å². The van der Waals surface area contributed by atoms with Crippen LogP contribution in [0, 0.1) is 11.6 Å². The molecule has 100 valence electrons. The van der Waals surface area contributed by atoms with Crippen molar-refractivity contribution in [1.82, 2.24) is 10.4 Å². The molecule has 3 nitrogen and oxygen atoms in total. The van der Waals surface area contributed by atoms with E-state index in [1.165, 1.54) is 6.07 Å². The molecule has 0 radical (unpaired) electrons. The molecule has 0 heterocycles. The Morgan fingerprint density at radius 2 is 1.94 bits per heavy atom. The molecule has 0 saturated carbocycles. The number of unbranched alkanes of at least 4 members (excludes halogenated alkanes) is 1. The molecule has 1 rings (SSSR count). The van der Waals surface area contributed by atoms with Gasteiger partial charge in [-0.2, -0.15) is 0 Å². The van der Waals surface area contributed by atoms with Crippen LogP contribution in [-0.2, 0) is 11.2 Å². The first-order valence-corrected chi connectivity index (χ1v) is 5.90. The van der Waals surface area contributed by atoms with Crippen LogP contribution in [0.1, 0.15) is 24.8 Å². The number of nitrogens with zero attached hydrogens (tertiary/aromatic N) is 1. The molecule has 1 amide bonds. The van der Waals surface area contributed by atoms with Crippen molar-refractivity contribution < 1.29 is 13.6 Å². The molecule has 0 fully saturated rings. The third-order valence-corrected chi connectivity index (χ3v) is 2.45. The van der Waals surface area contributed by atoms with Gasteiger partial charge in [-0.25, -0.2) is 13.8 Å². The van der Waals surface area contributed by atoms with Gasteiger partial charge < -0.3 is 0 Å². The number of carbonyl (C=O) groups excluding carboxylic acids is 1. The first kappa shape index (κ1) is 14.6. The first-order chi connectivity index (χ1) is 8.49. The number of hydrogen-bond acceptors (Lipinski definition) is 2. The van der Waals surface area contributed by atoms with Gasteiger partial charge in [0, 0.05) is 20.5 Å². The lowest BCUT2D eigenvalue weighted by molar-refractivity contribution is -0.124. The van der Waals surface area contributed by atoms with Crippen LogP contribution in [0.4, 0.5) is 8.78 Å². The average Bonchev–Trinajstić information content (AvgIpc) is 2.28. The van der Waals surface area contributed by atoms with Gasteiger partial charge in [-0.1, -0.05) is 6.07 Å². The van der Waals surface area contributed by atoms with Crippen LogP contribution in [0.25, 0.3) is 0 Å². The molecule has 0 aliphatic rings. The Bertz CT molecular complexity index is 408. The molecule has 1 aromatic carbocycles. The van der Waals surface area contributed by atoms with E-state index in [2.05, 4.69) is 5.43 Å². The van der Waals surface area contributed by atoms with Crippen molar-refractivity contribution in [2.24, 2.45) is 0 Å². The van der Waals surface area contributed by atoms with E-state index in [1.54, 1.807) is 25.2 Å². The predicted octanol–water partition coefficient (Wildman–Crippen LogP) is 2.27. The molecule has 18 heavy (non-hydrogen) atoms. The summed E-state index contributed by atoms with van der Waals surface area (Å²) in [6, 6.07) is 3.90. The molecule has 0 aromatic heterocycles. The van der Waals surface area contributed by atoms with Crippen molar-refractivity contribution in [2.75, 3.05) is 14.1 Å². The number of carbonyl (C=O) groups is 1. The molecule has 0 spiro atoms. The highest BCUT2D eigenvalue weighted by Gasteiger charge is 2.04. The minimum atomic E-state index is -0.830. The van der Waals surface area contributed by atoms with Crippen molar-refractivity contribution in [2.45, 2.75) is 25.7 Å². The van der Waals surface area contributed by atoms with Gasteiger partial charge >= 0.3 is 0 Å². The fourth-order valence-electron chi connectivity index (χ4n) is 1.62. The number of halogens is 2. The predicted molar refractivity (Wildman–Crippen MR) is 65.7 cm³/mol.